The Balaban J connectivity index is 1.98. The highest BCUT2D eigenvalue weighted by atomic mass is 32.1. The lowest BCUT2D eigenvalue weighted by Crippen LogP contribution is -2.30. The molecule has 0 aromatic carbocycles. The lowest BCUT2D eigenvalue weighted by Gasteiger charge is -2.11. The Morgan fingerprint density at radius 1 is 1.38 bits per heavy atom. The number of anilines is 1. The van der Waals surface area contributed by atoms with Crippen molar-refractivity contribution in [3.05, 3.63) is 35.5 Å². The van der Waals surface area contributed by atoms with Crippen molar-refractivity contribution in [1.29, 1.82) is 0 Å². The molecule has 1 fully saturated rings. The number of aryl methyl sites for hydroxylation is 3. The van der Waals surface area contributed by atoms with Crippen molar-refractivity contribution in [2.24, 2.45) is 14.1 Å². The molecule has 1 aliphatic rings. The average molecular weight is 302 g/mol. The summed E-state index contributed by atoms with van der Waals surface area (Å²) in [6.45, 7) is 1.84. The second-order valence-corrected chi connectivity index (χ2v) is 5.17. The molecule has 1 saturated heterocycles. The predicted molar refractivity (Wildman–Crippen MR) is 82.3 cm³/mol. The van der Waals surface area contributed by atoms with E-state index in [1.54, 1.807) is 34.9 Å². The van der Waals surface area contributed by atoms with Crippen molar-refractivity contribution in [3.8, 4) is 0 Å². The van der Waals surface area contributed by atoms with E-state index in [-0.39, 0.29) is 5.91 Å². The van der Waals surface area contributed by atoms with E-state index in [0.29, 0.717) is 16.5 Å². The van der Waals surface area contributed by atoms with Crippen LogP contribution < -0.4 is 10.2 Å². The van der Waals surface area contributed by atoms with E-state index in [4.69, 9.17) is 12.2 Å². The molecule has 1 aliphatic heterocycles. The maximum atomic E-state index is 12.6. The second-order valence-electron chi connectivity index (χ2n) is 4.78. The van der Waals surface area contributed by atoms with E-state index in [1.165, 1.54) is 4.90 Å². The Morgan fingerprint density at radius 3 is 2.71 bits per heavy atom. The third kappa shape index (κ3) is 2.23. The molecule has 2 aromatic rings. The summed E-state index contributed by atoms with van der Waals surface area (Å²) in [7, 11) is 3.62. The predicted octanol–water partition coefficient (Wildman–Crippen LogP) is 0.724. The second kappa shape index (κ2) is 4.81. The highest BCUT2D eigenvalue weighted by Gasteiger charge is 2.34. The Hall–Kier alpha value is -2.48. The first-order chi connectivity index (χ1) is 9.97. The molecule has 108 valence electrons. The molecule has 0 spiro atoms. The SMILES string of the molecule is Cc1nn(C)cc1N1C(=O)/C(=C\c2ccnn2C)NC1=S. The molecule has 7 nitrogen and oxygen atoms in total. The number of aromatic nitrogens is 4. The summed E-state index contributed by atoms with van der Waals surface area (Å²) >= 11 is 5.27. The standard InChI is InChI=1S/C13H14N6OS/c1-8-11(7-17(2)16-8)19-12(20)10(15-13(19)21)6-9-4-5-14-18(9)3/h4-7H,1-3H3,(H,15,21)/b10-6+. The van der Waals surface area contributed by atoms with Gasteiger partial charge in [0.15, 0.2) is 5.11 Å². The van der Waals surface area contributed by atoms with Crippen LogP contribution in [0.1, 0.15) is 11.4 Å². The molecule has 1 amide bonds. The van der Waals surface area contributed by atoms with Crippen LogP contribution in [0, 0.1) is 6.92 Å². The van der Waals surface area contributed by atoms with Gasteiger partial charge < -0.3 is 5.32 Å². The first-order valence-electron chi connectivity index (χ1n) is 6.33. The fraction of sp³-hybridized carbons (Fsp3) is 0.231. The number of hydrogen-bond acceptors (Lipinski definition) is 4. The lowest BCUT2D eigenvalue weighted by atomic mass is 10.3. The van der Waals surface area contributed by atoms with Gasteiger partial charge in [0.25, 0.3) is 5.91 Å². The molecule has 0 saturated carbocycles. The van der Waals surface area contributed by atoms with E-state index < -0.39 is 0 Å². The maximum absolute atomic E-state index is 12.6. The zero-order chi connectivity index (χ0) is 15.1. The van der Waals surface area contributed by atoms with E-state index in [0.717, 1.165) is 11.4 Å². The number of amides is 1. The quantitative estimate of drug-likeness (QED) is 0.654. The van der Waals surface area contributed by atoms with Gasteiger partial charge in [-0.05, 0) is 31.3 Å². The van der Waals surface area contributed by atoms with Gasteiger partial charge in [-0.1, -0.05) is 0 Å². The molecular formula is C13H14N6OS. The molecule has 3 rings (SSSR count). The molecule has 21 heavy (non-hydrogen) atoms. The monoisotopic (exact) mass is 302 g/mol. The van der Waals surface area contributed by atoms with Crippen LogP contribution in [0.15, 0.2) is 24.2 Å². The minimum atomic E-state index is -0.197. The molecule has 3 heterocycles. The Kier molecular flexibility index (Phi) is 3.09. The third-order valence-corrected chi connectivity index (χ3v) is 3.54. The fourth-order valence-electron chi connectivity index (χ4n) is 2.23. The van der Waals surface area contributed by atoms with Gasteiger partial charge in [0.2, 0.25) is 0 Å². The summed E-state index contributed by atoms with van der Waals surface area (Å²) in [5, 5.41) is 11.6. The third-order valence-electron chi connectivity index (χ3n) is 3.26. The minimum absolute atomic E-state index is 0.197. The molecule has 0 bridgehead atoms. The molecule has 1 N–H and O–H groups in total. The van der Waals surface area contributed by atoms with Gasteiger partial charge in [-0.25, -0.2) is 4.90 Å². The zero-order valence-corrected chi connectivity index (χ0v) is 12.7. The summed E-state index contributed by atoms with van der Waals surface area (Å²) in [6.07, 6.45) is 5.18. The van der Waals surface area contributed by atoms with Gasteiger partial charge in [-0.2, -0.15) is 10.2 Å². The number of rotatable bonds is 2. The van der Waals surface area contributed by atoms with E-state index in [2.05, 4.69) is 15.5 Å². The number of nitrogens with zero attached hydrogens (tertiary/aromatic N) is 5. The van der Waals surface area contributed by atoms with Crippen LogP contribution in [0.2, 0.25) is 0 Å². The minimum Gasteiger partial charge on any atom is -0.327 e. The molecule has 0 unspecified atom stereocenters. The molecular weight excluding hydrogens is 288 g/mol. The Morgan fingerprint density at radius 2 is 2.14 bits per heavy atom. The Labute approximate surface area is 126 Å². The van der Waals surface area contributed by atoms with Gasteiger partial charge in [-0.15, -0.1) is 0 Å². The van der Waals surface area contributed by atoms with Crippen molar-refractivity contribution in [2.45, 2.75) is 6.92 Å². The summed E-state index contributed by atoms with van der Waals surface area (Å²) in [4.78, 5) is 14.0. The van der Waals surface area contributed by atoms with Crippen molar-refractivity contribution in [2.75, 3.05) is 4.90 Å². The molecule has 0 radical (unpaired) electrons. The number of thiocarbonyl (C=S) groups is 1. The van der Waals surface area contributed by atoms with Crippen LogP contribution in [-0.2, 0) is 18.9 Å². The zero-order valence-electron chi connectivity index (χ0n) is 11.9. The Bertz CT molecular complexity index is 771. The highest BCUT2D eigenvalue weighted by Crippen LogP contribution is 2.24. The average Bonchev–Trinajstić information content (AvgIpc) is 3.03. The van der Waals surface area contributed by atoms with Crippen molar-refractivity contribution in [1.82, 2.24) is 24.9 Å². The summed E-state index contributed by atoms with van der Waals surface area (Å²) < 4.78 is 3.34. The van der Waals surface area contributed by atoms with Crippen molar-refractivity contribution in [3.63, 3.8) is 0 Å². The van der Waals surface area contributed by atoms with Gasteiger partial charge >= 0.3 is 0 Å². The van der Waals surface area contributed by atoms with Crippen LogP contribution in [0.25, 0.3) is 6.08 Å². The van der Waals surface area contributed by atoms with Gasteiger partial charge in [0.05, 0.1) is 17.1 Å². The van der Waals surface area contributed by atoms with Crippen molar-refractivity contribution < 1.29 is 4.79 Å². The molecule has 0 aliphatic carbocycles. The van der Waals surface area contributed by atoms with Gasteiger partial charge in [0, 0.05) is 26.5 Å². The number of nitrogens with one attached hydrogen (secondary N) is 1. The van der Waals surface area contributed by atoms with E-state index in [9.17, 15) is 4.79 Å². The van der Waals surface area contributed by atoms with E-state index >= 15 is 0 Å². The van der Waals surface area contributed by atoms with Crippen molar-refractivity contribution >= 4 is 35.0 Å². The molecule has 0 atom stereocenters. The smallest absolute Gasteiger partial charge is 0.281 e. The number of carbonyl (C=O) groups excluding carboxylic acids is 1. The van der Waals surface area contributed by atoms with Gasteiger partial charge in [0.1, 0.15) is 5.70 Å². The fourth-order valence-corrected chi connectivity index (χ4v) is 2.53. The molecule has 2 aromatic heterocycles. The maximum Gasteiger partial charge on any atom is 0.281 e. The largest absolute Gasteiger partial charge is 0.327 e. The first kappa shape index (κ1) is 13.5. The number of carbonyl (C=O) groups is 1. The van der Waals surface area contributed by atoms with Crippen LogP contribution in [0.4, 0.5) is 5.69 Å². The van der Waals surface area contributed by atoms with Crippen LogP contribution in [-0.4, -0.2) is 30.6 Å². The summed E-state index contributed by atoms with van der Waals surface area (Å²) in [5.41, 5.74) is 2.68. The van der Waals surface area contributed by atoms with Crippen LogP contribution in [0.5, 0.6) is 0 Å². The first-order valence-corrected chi connectivity index (χ1v) is 6.73. The summed E-state index contributed by atoms with van der Waals surface area (Å²) in [6, 6.07) is 1.82. The van der Waals surface area contributed by atoms with Gasteiger partial charge in [-0.3, -0.25) is 14.2 Å². The van der Waals surface area contributed by atoms with E-state index in [1.807, 2.05) is 20.0 Å². The lowest BCUT2D eigenvalue weighted by molar-refractivity contribution is -0.113. The van der Waals surface area contributed by atoms with Crippen LogP contribution >= 0.6 is 12.2 Å². The topological polar surface area (TPSA) is 68.0 Å². The van der Waals surface area contributed by atoms with Crippen LogP contribution in [0.3, 0.4) is 0 Å². The highest BCUT2D eigenvalue weighted by molar-refractivity contribution is 7.80. The molecule has 8 heteroatoms. The number of hydrogen-bond donors (Lipinski definition) is 1. The normalized spacial score (nSPS) is 16.9. The summed E-state index contributed by atoms with van der Waals surface area (Å²) in [5.74, 6) is -0.197.